The Morgan fingerprint density at radius 1 is 1.47 bits per heavy atom. The van der Waals surface area contributed by atoms with Gasteiger partial charge < -0.3 is 5.73 Å². The molecule has 0 radical (unpaired) electrons. The molecule has 0 aliphatic rings. The highest BCUT2D eigenvalue weighted by atomic mass is 79.9. The first-order chi connectivity index (χ1) is 7.13. The number of nitrogens with two attached hydrogens (primary N) is 1. The van der Waals surface area contributed by atoms with Crippen LogP contribution in [0.3, 0.4) is 0 Å². The zero-order valence-corrected chi connectivity index (χ0v) is 11.1. The van der Waals surface area contributed by atoms with E-state index in [2.05, 4.69) is 33.8 Å². The molecule has 2 nitrogen and oxygen atoms in total. The molecule has 0 heterocycles. The molecular weight excluding hydrogens is 272 g/mol. The molecule has 0 aliphatic carbocycles. The second-order valence-electron chi connectivity index (χ2n) is 3.36. The summed E-state index contributed by atoms with van der Waals surface area (Å²) in [5.74, 6) is 0. The van der Waals surface area contributed by atoms with E-state index >= 15 is 0 Å². The topological polar surface area (TPSA) is 29.3 Å². The van der Waals surface area contributed by atoms with Gasteiger partial charge in [-0.2, -0.15) is 0 Å². The fourth-order valence-corrected chi connectivity index (χ4v) is 1.96. The Bertz CT molecular complexity index is 341. The van der Waals surface area contributed by atoms with Gasteiger partial charge in [-0.1, -0.05) is 53.3 Å². The van der Waals surface area contributed by atoms with Gasteiger partial charge in [-0.05, 0) is 18.2 Å². The number of likely N-dealkylation sites (N-methyl/N-ethyl adjacent to an activating group) is 1. The zero-order valence-electron chi connectivity index (χ0n) is 8.74. The number of hydrogen-bond acceptors (Lipinski definition) is 2. The van der Waals surface area contributed by atoms with E-state index in [0.29, 0.717) is 11.5 Å². The predicted octanol–water partition coefficient (Wildman–Crippen LogP) is 2.56. The van der Waals surface area contributed by atoms with E-state index in [9.17, 15) is 0 Å². The maximum absolute atomic E-state index is 5.54. The molecule has 0 amide bonds. The molecule has 0 aromatic heterocycles. The third-order valence-electron chi connectivity index (χ3n) is 2.18. The smallest absolute Gasteiger partial charge is 0.0870 e. The molecule has 4 heteroatoms. The van der Waals surface area contributed by atoms with Crippen molar-refractivity contribution in [2.24, 2.45) is 5.73 Å². The normalized spacial score (nSPS) is 10.6. The van der Waals surface area contributed by atoms with Crippen LogP contribution in [0.2, 0.25) is 0 Å². The minimum absolute atomic E-state index is 0.545. The molecule has 1 aromatic carbocycles. The maximum atomic E-state index is 5.54. The summed E-state index contributed by atoms with van der Waals surface area (Å²) in [7, 11) is 0. The lowest BCUT2D eigenvalue weighted by molar-refractivity contribution is 0.320. The highest BCUT2D eigenvalue weighted by Gasteiger charge is 2.06. The van der Waals surface area contributed by atoms with Crippen LogP contribution in [0.4, 0.5) is 0 Å². The third kappa shape index (κ3) is 4.28. The molecule has 0 saturated heterocycles. The van der Waals surface area contributed by atoms with E-state index in [1.165, 1.54) is 5.56 Å². The van der Waals surface area contributed by atoms with E-state index in [-0.39, 0.29) is 0 Å². The van der Waals surface area contributed by atoms with Crippen LogP contribution in [-0.2, 0) is 6.54 Å². The summed E-state index contributed by atoms with van der Waals surface area (Å²) >= 11 is 8.44. The lowest BCUT2D eigenvalue weighted by Crippen LogP contribution is -2.32. The standard InChI is InChI=1S/C11H15BrN2S/c1-2-14(8-11(13)15)7-9-5-3-4-6-10(9)12/h3-6H,2,7-8H2,1H3,(H2,13,15). The Labute approximate surface area is 105 Å². The van der Waals surface area contributed by atoms with Crippen LogP contribution in [0, 0.1) is 0 Å². The van der Waals surface area contributed by atoms with Crippen LogP contribution in [0.1, 0.15) is 12.5 Å². The Hall–Kier alpha value is -0.450. The van der Waals surface area contributed by atoms with Crippen molar-refractivity contribution < 1.29 is 0 Å². The molecule has 0 spiro atoms. The quantitative estimate of drug-likeness (QED) is 0.844. The molecular formula is C11H15BrN2S. The Morgan fingerprint density at radius 2 is 2.13 bits per heavy atom. The minimum atomic E-state index is 0.545. The van der Waals surface area contributed by atoms with Crippen LogP contribution in [0.25, 0.3) is 0 Å². The number of nitrogens with zero attached hydrogens (tertiary/aromatic N) is 1. The molecule has 1 rings (SSSR count). The molecule has 82 valence electrons. The van der Waals surface area contributed by atoms with Crippen molar-refractivity contribution >= 4 is 33.1 Å². The van der Waals surface area contributed by atoms with Gasteiger partial charge in [-0.3, -0.25) is 4.90 Å². The SMILES string of the molecule is CCN(CC(N)=S)Cc1ccccc1Br. The van der Waals surface area contributed by atoms with Crippen molar-refractivity contribution in [3.8, 4) is 0 Å². The molecule has 2 N–H and O–H groups in total. The van der Waals surface area contributed by atoms with Gasteiger partial charge in [0.2, 0.25) is 0 Å². The first-order valence-corrected chi connectivity index (χ1v) is 6.07. The van der Waals surface area contributed by atoms with E-state index < -0.39 is 0 Å². The minimum Gasteiger partial charge on any atom is -0.392 e. The molecule has 0 aliphatic heterocycles. The van der Waals surface area contributed by atoms with Gasteiger partial charge in [0.25, 0.3) is 0 Å². The average Bonchev–Trinajstić information content (AvgIpc) is 2.19. The third-order valence-corrected chi connectivity index (χ3v) is 3.08. The van der Waals surface area contributed by atoms with Gasteiger partial charge in [-0.15, -0.1) is 0 Å². The molecule has 15 heavy (non-hydrogen) atoms. The predicted molar refractivity (Wildman–Crippen MR) is 71.9 cm³/mol. The van der Waals surface area contributed by atoms with Crippen molar-refractivity contribution in [3.63, 3.8) is 0 Å². The lowest BCUT2D eigenvalue weighted by Gasteiger charge is -2.20. The summed E-state index contributed by atoms with van der Waals surface area (Å²) in [6.07, 6.45) is 0. The van der Waals surface area contributed by atoms with Crippen molar-refractivity contribution in [2.45, 2.75) is 13.5 Å². The maximum Gasteiger partial charge on any atom is 0.0870 e. The van der Waals surface area contributed by atoms with Crippen molar-refractivity contribution in [1.82, 2.24) is 4.90 Å². The fourth-order valence-electron chi connectivity index (χ4n) is 1.37. The van der Waals surface area contributed by atoms with Crippen molar-refractivity contribution in [2.75, 3.05) is 13.1 Å². The second-order valence-corrected chi connectivity index (χ2v) is 4.74. The highest BCUT2D eigenvalue weighted by Crippen LogP contribution is 2.17. The number of halogens is 1. The summed E-state index contributed by atoms with van der Waals surface area (Å²) in [6.45, 7) is 4.59. The van der Waals surface area contributed by atoms with Gasteiger partial charge in [0.15, 0.2) is 0 Å². The molecule has 0 atom stereocenters. The Kier molecular flexibility index (Phi) is 5.22. The number of hydrogen-bond donors (Lipinski definition) is 1. The highest BCUT2D eigenvalue weighted by molar-refractivity contribution is 9.10. The summed E-state index contributed by atoms with van der Waals surface area (Å²) in [5, 5.41) is 0. The second kappa shape index (κ2) is 6.20. The fraction of sp³-hybridized carbons (Fsp3) is 0.364. The van der Waals surface area contributed by atoms with Gasteiger partial charge in [0.05, 0.1) is 4.99 Å². The molecule has 0 saturated carbocycles. The van der Waals surface area contributed by atoms with Crippen molar-refractivity contribution in [3.05, 3.63) is 34.3 Å². The average molecular weight is 287 g/mol. The molecule has 0 unspecified atom stereocenters. The van der Waals surface area contributed by atoms with Crippen LogP contribution < -0.4 is 5.73 Å². The number of rotatable bonds is 5. The van der Waals surface area contributed by atoms with Crippen LogP contribution in [0.15, 0.2) is 28.7 Å². The Morgan fingerprint density at radius 3 is 2.67 bits per heavy atom. The van der Waals surface area contributed by atoms with Crippen LogP contribution in [0.5, 0.6) is 0 Å². The zero-order chi connectivity index (χ0) is 11.3. The summed E-state index contributed by atoms with van der Waals surface area (Å²) < 4.78 is 1.13. The van der Waals surface area contributed by atoms with Crippen LogP contribution >= 0.6 is 28.1 Å². The summed E-state index contributed by atoms with van der Waals surface area (Å²) in [6, 6.07) is 8.20. The lowest BCUT2D eigenvalue weighted by atomic mass is 10.2. The van der Waals surface area contributed by atoms with Gasteiger partial charge in [0.1, 0.15) is 0 Å². The van der Waals surface area contributed by atoms with E-state index in [4.69, 9.17) is 18.0 Å². The van der Waals surface area contributed by atoms with Gasteiger partial charge in [-0.25, -0.2) is 0 Å². The number of benzene rings is 1. The Balaban J connectivity index is 2.66. The largest absolute Gasteiger partial charge is 0.392 e. The summed E-state index contributed by atoms with van der Waals surface area (Å²) in [5.41, 5.74) is 6.80. The monoisotopic (exact) mass is 286 g/mol. The molecule has 1 aromatic rings. The van der Waals surface area contributed by atoms with Crippen molar-refractivity contribution in [1.29, 1.82) is 0 Å². The first kappa shape index (κ1) is 12.6. The molecule has 0 fully saturated rings. The van der Waals surface area contributed by atoms with Crippen LogP contribution in [-0.4, -0.2) is 23.0 Å². The van der Waals surface area contributed by atoms with Gasteiger partial charge in [0, 0.05) is 17.6 Å². The first-order valence-electron chi connectivity index (χ1n) is 4.87. The molecule has 0 bridgehead atoms. The summed E-state index contributed by atoms with van der Waals surface area (Å²) in [4.78, 5) is 2.76. The van der Waals surface area contributed by atoms with Gasteiger partial charge >= 0.3 is 0 Å². The van der Waals surface area contributed by atoms with E-state index in [1.54, 1.807) is 0 Å². The van der Waals surface area contributed by atoms with E-state index in [1.807, 2.05) is 18.2 Å². The van der Waals surface area contributed by atoms with E-state index in [0.717, 1.165) is 17.6 Å². The number of thiocarbonyl (C=S) groups is 1.